The molecule has 3 nitrogen and oxygen atoms in total. The van der Waals surface area contributed by atoms with Crippen LogP contribution in [-0.2, 0) is 0 Å². The minimum atomic E-state index is -0.0290. The van der Waals surface area contributed by atoms with Crippen molar-refractivity contribution in [2.45, 2.75) is 30.9 Å². The highest BCUT2D eigenvalue weighted by molar-refractivity contribution is 8.00. The fourth-order valence-corrected chi connectivity index (χ4v) is 2.89. The van der Waals surface area contributed by atoms with Crippen LogP contribution in [0.2, 0.25) is 0 Å². The molecule has 1 aliphatic rings. The molecule has 4 heteroatoms. The number of thioether (sulfide) groups is 1. The third-order valence-electron chi connectivity index (χ3n) is 3.85. The maximum Gasteiger partial charge on any atom is 0.251 e. The van der Waals surface area contributed by atoms with E-state index >= 15 is 0 Å². The van der Waals surface area contributed by atoms with Gasteiger partial charge in [-0.15, -0.1) is 0 Å². The lowest BCUT2D eigenvalue weighted by Crippen LogP contribution is -2.32. The van der Waals surface area contributed by atoms with Crippen LogP contribution in [-0.4, -0.2) is 35.2 Å². The number of hydrogen-bond acceptors (Lipinski definition) is 3. The SMILES string of the molecule is CSC1(CNC(=O)c2cccc(C#CCCO)c2C)CC1. The molecule has 0 aliphatic heterocycles. The van der Waals surface area contributed by atoms with Gasteiger partial charge in [0.05, 0.1) is 6.61 Å². The van der Waals surface area contributed by atoms with E-state index < -0.39 is 0 Å². The van der Waals surface area contributed by atoms with Crippen molar-refractivity contribution in [3.8, 4) is 11.8 Å². The van der Waals surface area contributed by atoms with Crippen LogP contribution in [0.3, 0.4) is 0 Å². The first kappa shape index (κ1) is 15.9. The van der Waals surface area contributed by atoms with E-state index in [1.165, 1.54) is 12.8 Å². The molecule has 1 aliphatic carbocycles. The first-order chi connectivity index (χ1) is 10.1. The molecule has 0 aromatic heterocycles. The van der Waals surface area contributed by atoms with Crippen LogP contribution < -0.4 is 5.32 Å². The summed E-state index contributed by atoms with van der Waals surface area (Å²) in [6.45, 7) is 2.70. The van der Waals surface area contributed by atoms with Gasteiger partial charge in [0.15, 0.2) is 0 Å². The zero-order valence-corrected chi connectivity index (χ0v) is 13.3. The summed E-state index contributed by atoms with van der Waals surface area (Å²) < 4.78 is 0.266. The van der Waals surface area contributed by atoms with E-state index in [2.05, 4.69) is 23.4 Å². The van der Waals surface area contributed by atoms with Crippen molar-refractivity contribution in [3.05, 3.63) is 34.9 Å². The molecule has 0 spiro atoms. The van der Waals surface area contributed by atoms with Gasteiger partial charge in [0.25, 0.3) is 5.91 Å². The Hall–Kier alpha value is -1.44. The molecule has 0 unspecified atom stereocenters. The minimum absolute atomic E-state index is 0.0290. The Kier molecular flexibility index (Phi) is 5.33. The Balaban J connectivity index is 2.07. The molecular formula is C17H21NO2S. The number of carbonyl (C=O) groups excluding carboxylic acids is 1. The molecule has 2 rings (SSSR count). The topological polar surface area (TPSA) is 49.3 Å². The van der Waals surface area contributed by atoms with Crippen molar-refractivity contribution < 1.29 is 9.90 Å². The van der Waals surface area contributed by atoms with E-state index in [9.17, 15) is 4.79 Å². The van der Waals surface area contributed by atoms with Crippen molar-refractivity contribution in [2.24, 2.45) is 0 Å². The van der Waals surface area contributed by atoms with Crippen molar-refractivity contribution in [1.82, 2.24) is 5.32 Å². The number of aliphatic hydroxyl groups is 1. The molecule has 0 heterocycles. The molecule has 0 saturated heterocycles. The van der Waals surface area contributed by atoms with Crippen LogP contribution in [0.4, 0.5) is 0 Å². The summed E-state index contributed by atoms with van der Waals surface area (Å²) in [7, 11) is 0. The van der Waals surface area contributed by atoms with Gasteiger partial charge < -0.3 is 10.4 Å². The molecule has 21 heavy (non-hydrogen) atoms. The van der Waals surface area contributed by atoms with E-state index in [-0.39, 0.29) is 17.3 Å². The highest BCUT2D eigenvalue weighted by atomic mass is 32.2. The lowest BCUT2D eigenvalue weighted by molar-refractivity contribution is 0.0952. The number of benzene rings is 1. The lowest BCUT2D eigenvalue weighted by atomic mass is 10.0. The van der Waals surface area contributed by atoms with E-state index in [0.29, 0.717) is 12.0 Å². The second-order valence-electron chi connectivity index (χ2n) is 5.32. The van der Waals surface area contributed by atoms with E-state index in [0.717, 1.165) is 17.7 Å². The van der Waals surface area contributed by atoms with Crippen LogP contribution in [0.1, 0.15) is 40.7 Å². The molecule has 1 fully saturated rings. The fraction of sp³-hybridized carbons (Fsp3) is 0.471. The number of rotatable bonds is 5. The molecular weight excluding hydrogens is 282 g/mol. The minimum Gasteiger partial charge on any atom is -0.395 e. The van der Waals surface area contributed by atoms with Crippen LogP contribution in [0.5, 0.6) is 0 Å². The van der Waals surface area contributed by atoms with E-state index in [1.54, 1.807) is 0 Å². The van der Waals surface area contributed by atoms with Gasteiger partial charge in [0, 0.05) is 28.8 Å². The summed E-state index contributed by atoms with van der Waals surface area (Å²) in [4.78, 5) is 12.3. The van der Waals surface area contributed by atoms with Gasteiger partial charge in [-0.3, -0.25) is 4.79 Å². The molecule has 1 aromatic rings. The maximum absolute atomic E-state index is 12.3. The summed E-state index contributed by atoms with van der Waals surface area (Å²) in [5, 5.41) is 11.8. The van der Waals surface area contributed by atoms with Crippen molar-refractivity contribution in [2.75, 3.05) is 19.4 Å². The molecule has 1 amide bonds. The standard InChI is InChI=1S/C17H21NO2S/c1-13-14(6-3-4-11-19)7-5-8-15(13)16(20)18-12-17(21-2)9-10-17/h5,7-8,19H,4,9-12H2,1-2H3,(H,18,20). The predicted octanol–water partition coefficient (Wildman–Crippen LogP) is 2.35. The Morgan fingerprint density at radius 2 is 2.24 bits per heavy atom. The van der Waals surface area contributed by atoms with Crippen LogP contribution >= 0.6 is 11.8 Å². The third kappa shape index (κ3) is 4.03. The predicted molar refractivity (Wildman–Crippen MR) is 87.6 cm³/mol. The van der Waals surface area contributed by atoms with Crippen LogP contribution in [0.25, 0.3) is 0 Å². The second kappa shape index (κ2) is 7.02. The molecule has 0 bridgehead atoms. The quantitative estimate of drug-likeness (QED) is 0.821. The highest BCUT2D eigenvalue weighted by Crippen LogP contribution is 2.46. The monoisotopic (exact) mass is 303 g/mol. The van der Waals surface area contributed by atoms with Crippen molar-refractivity contribution in [3.63, 3.8) is 0 Å². The van der Waals surface area contributed by atoms with Crippen molar-refractivity contribution >= 4 is 17.7 Å². The van der Waals surface area contributed by atoms with Gasteiger partial charge in [-0.05, 0) is 43.7 Å². The second-order valence-corrected chi connectivity index (χ2v) is 6.60. The summed E-state index contributed by atoms with van der Waals surface area (Å²) in [6, 6.07) is 5.59. The Labute approximate surface area is 130 Å². The van der Waals surface area contributed by atoms with Gasteiger partial charge in [-0.2, -0.15) is 11.8 Å². The van der Waals surface area contributed by atoms with Crippen LogP contribution in [0, 0.1) is 18.8 Å². The number of hydrogen-bond donors (Lipinski definition) is 2. The zero-order valence-electron chi connectivity index (χ0n) is 12.5. The van der Waals surface area contributed by atoms with Gasteiger partial charge >= 0.3 is 0 Å². The van der Waals surface area contributed by atoms with E-state index in [1.807, 2.05) is 36.9 Å². The average Bonchev–Trinajstić information content (AvgIpc) is 3.27. The largest absolute Gasteiger partial charge is 0.395 e. The smallest absolute Gasteiger partial charge is 0.251 e. The molecule has 0 radical (unpaired) electrons. The number of nitrogens with one attached hydrogen (secondary N) is 1. The third-order valence-corrected chi connectivity index (χ3v) is 5.27. The first-order valence-corrected chi connectivity index (χ1v) is 8.37. The van der Waals surface area contributed by atoms with Crippen LogP contribution in [0.15, 0.2) is 18.2 Å². The van der Waals surface area contributed by atoms with Gasteiger partial charge in [-0.1, -0.05) is 17.9 Å². The first-order valence-electron chi connectivity index (χ1n) is 7.14. The Bertz CT molecular complexity index is 582. The normalized spacial score (nSPS) is 15.0. The Morgan fingerprint density at radius 1 is 1.48 bits per heavy atom. The van der Waals surface area contributed by atoms with Gasteiger partial charge in [-0.25, -0.2) is 0 Å². The summed E-state index contributed by atoms with van der Waals surface area (Å²) in [6.07, 6.45) is 4.91. The summed E-state index contributed by atoms with van der Waals surface area (Å²) in [5.74, 6) is 5.88. The fourth-order valence-electron chi connectivity index (χ4n) is 2.16. The summed E-state index contributed by atoms with van der Waals surface area (Å²) >= 11 is 1.84. The molecule has 112 valence electrons. The van der Waals surface area contributed by atoms with Gasteiger partial charge in [0.2, 0.25) is 0 Å². The molecule has 1 saturated carbocycles. The zero-order chi connectivity index (χ0) is 15.3. The van der Waals surface area contributed by atoms with E-state index in [4.69, 9.17) is 5.11 Å². The number of carbonyl (C=O) groups is 1. The number of aliphatic hydroxyl groups excluding tert-OH is 1. The molecule has 0 atom stereocenters. The Morgan fingerprint density at radius 3 is 2.86 bits per heavy atom. The van der Waals surface area contributed by atoms with Crippen molar-refractivity contribution in [1.29, 1.82) is 0 Å². The summed E-state index contributed by atoms with van der Waals surface area (Å²) in [5.41, 5.74) is 2.43. The molecule has 2 N–H and O–H groups in total. The van der Waals surface area contributed by atoms with Gasteiger partial charge in [0.1, 0.15) is 0 Å². The maximum atomic E-state index is 12.3. The molecule has 1 aromatic carbocycles. The number of amides is 1. The average molecular weight is 303 g/mol. The highest BCUT2D eigenvalue weighted by Gasteiger charge is 2.41. The lowest BCUT2D eigenvalue weighted by Gasteiger charge is -2.14.